The molecule has 0 amide bonds. The van der Waals surface area contributed by atoms with Crippen molar-refractivity contribution in [2.75, 3.05) is 7.11 Å². The van der Waals surface area contributed by atoms with Crippen molar-refractivity contribution in [1.82, 2.24) is 0 Å². The maximum atomic E-state index is 6.64. The standard InChI is InChI=1S/C26H40O2/c1-8-9-10-11-14-25(3,4)19-16-22(27-7)24-20-15-18(2)12-13-21(20)26(5,6)28-23(24)17-19/h16-17,20-21H,2,8-15H2,1,3-7H3/t20?,21-/m1/s1. The van der Waals surface area contributed by atoms with Crippen molar-refractivity contribution in [2.24, 2.45) is 5.92 Å². The van der Waals surface area contributed by atoms with E-state index in [9.17, 15) is 0 Å². The monoisotopic (exact) mass is 384 g/mol. The van der Waals surface area contributed by atoms with Gasteiger partial charge in [0.25, 0.3) is 0 Å². The molecule has 0 saturated heterocycles. The molecule has 0 N–H and O–H groups in total. The van der Waals surface area contributed by atoms with Gasteiger partial charge in [-0.25, -0.2) is 0 Å². The summed E-state index contributed by atoms with van der Waals surface area (Å²) in [6.45, 7) is 15.8. The Kier molecular flexibility index (Phi) is 6.17. The lowest BCUT2D eigenvalue weighted by atomic mass is 9.65. The van der Waals surface area contributed by atoms with Crippen LogP contribution in [0, 0.1) is 5.92 Å². The molecule has 156 valence electrons. The molecule has 2 nitrogen and oxygen atoms in total. The molecule has 1 fully saturated rings. The summed E-state index contributed by atoms with van der Waals surface area (Å²) in [5.74, 6) is 3.02. The molecule has 1 aromatic carbocycles. The van der Waals surface area contributed by atoms with Crippen molar-refractivity contribution in [3.05, 3.63) is 35.4 Å². The summed E-state index contributed by atoms with van der Waals surface area (Å²) >= 11 is 0. The predicted molar refractivity (Wildman–Crippen MR) is 119 cm³/mol. The van der Waals surface area contributed by atoms with E-state index in [0.29, 0.717) is 11.8 Å². The lowest BCUT2D eigenvalue weighted by Crippen LogP contribution is -2.46. The zero-order valence-corrected chi connectivity index (χ0v) is 19.0. The number of hydrogen-bond acceptors (Lipinski definition) is 2. The van der Waals surface area contributed by atoms with E-state index in [1.165, 1.54) is 48.8 Å². The van der Waals surface area contributed by atoms with Crippen LogP contribution in [0.1, 0.15) is 103 Å². The van der Waals surface area contributed by atoms with Crippen LogP contribution in [0.25, 0.3) is 0 Å². The summed E-state index contributed by atoms with van der Waals surface area (Å²) in [5.41, 5.74) is 3.96. The van der Waals surface area contributed by atoms with Crippen molar-refractivity contribution in [3.8, 4) is 11.5 Å². The fourth-order valence-electron chi connectivity index (χ4n) is 5.36. The number of rotatable bonds is 7. The second-order valence-electron chi connectivity index (χ2n) is 10.2. The third-order valence-corrected chi connectivity index (χ3v) is 7.20. The van der Waals surface area contributed by atoms with Crippen molar-refractivity contribution in [3.63, 3.8) is 0 Å². The van der Waals surface area contributed by atoms with Crippen LogP contribution >= 0.6 is 0 Å². The van der Waals surface area contributed by atoms with Crippen LogP contribution in [0.4, 0.5) is 0 Å². The Hall–Kier alpha value is -1.44. The number of benzene rings is 1. The molecule has 1 aliphatic heterocycles. The highest BCUT2D eigenvalue weighted by Gasteiger charge is 2.47. The summed E-state index contributed by atoms with van der Waals surface area (Å²) in [7, 11) is 1.81. The van der Waals surface area contributed by atoms with E-state index in [4.69, 9.17) is 9.47 Å². The first-order valence-corrected chi connectivity index (χ1v) is 11.3. The van der Waals surface area contributed by atoms with Crippen molar-refractivity contribution in [2.45, 2.75) is 103 Å². The third kappa shape index (κ3) is 4.11. The maximum absolute atomic E-state index is 6.64. The molecule has 1 aromatic rings. The van der Waals surface area contributed by atoms with Gasteiger partial charge in [0.15, 0.2) is 0 Å². The van der Waals surface area contributed by atoms with Gasteiger partial charge in [0, 0.05) is 17.4 Å². The lowest BCUT2D eigenvalue weighted by molar-refractivity contribution is -0.000989. The number of methoxy groups -OCH3 is 1. The van der Waals surface area contributed by atoms with E-state index in [-0.39, 0.29) is 11.0 Å². The Labute approximate surface area is 172 Å². The Balaban J connectivity index is 1.97. The van der Waals surface area contributed by atoms with Gasteiger partial charge in [-0.15, -0.1) is 0 Å². The van der Waals surface area contributed by atoms with Crippen molar-refractivity contribution in [1.29, 1.82) is 0 Å². The quantitative estimate of drug-likeness (QED) is 0.357. The first-order chi connectivity index (χ1) is 13.2. The van der Waals surface area contributed by atoms with E-state index >= 15 is 0 Å². The summed E-state index contributed by atoms with van der Waals surface area (Å²) in [6.07, 6.45) is 9.73. The second kappa shape index (κ2) is 8.13. The van der Waals surface area contributed by atoms with Crippen LogP contribution < -0.4 is 9.47 Å². The summed E-state index contributed by atoms with van der Waals surface area (Å²) in [4.78, 5) is 0. The topological polar surface area (TPSA) is 18.5 Å². The number of ether oxygens (including phenoxy) is 2. The highest BCUT2D eigenvalue weighted by Crippen LogP contribution is 2.56. The van der Waals surface area contributed by atoms with Crippen LogP contribution in [0.3, 0.4) is 0 Å². The average molecular weight is 385 g/mol. The summed E-state index contributed by atoms with van der Waals surface area (Å²) in [5, 5.41) is 0. The fraction of sp³-hybridized carbons (Fsp3) is 0.692. The molecule has 28 heavy (non-hydrogen) atoms. The highest BCUT2D eigenvalue weighted by atomic mass is 16.5. The molecular weight excluding hydrogens is 344 g/mol. The SMILES string of the molecule is C=C1CC[C@@H]2C(C1)c1c(OC)cc(C(C)(C)CCCCCC)cc1OC2(C)C. The highest BCUT2D eigenvalue weighted by molar-refractivity contribution is 5.54. The molecule has 2 heteroatoms. The molecule has 1 heterocycles. The minimum Gasteiger partial charge on any atom is -0.496 e. The Morgan fingerprint density at radius 2 is 1.96 bits per heavy atom. The molecule has 0 spiro atoms. The van der Waals surface area contributed by atoms with E-state index in [1.807, 2.05) is 0 Å². The Bertz CT molecular complexity index is 713. The predicted octanol–water partition coefficient (Wildman–Crippen LogP) is 7.55. The largest absolute Gasteiger partial charge is 0.496 e. The molecule has 0 radical (unpaired) electrons. The van der Waals surface area contributed by atoms with Gasteiger partial charge in [0.1, 0.15) is 17.1 Å². The van der Waals surface area contributed by atoms with Gasteiger partial charge >= 0.3 is 0 Å². The normalized spacial score (nSPS) is 23.6. The van der Waals surface area contributed by atoms with Gasteiger partial charge in [-0.3, -0.25) is 0 Å². The van der Waals surface area contributed by atoms with Crippen LogP contribution in [-0.2, 0) is 5.41 Å². The van der Waals surface area contributed by atoms with Gasteiger partial charge in [-0.1, -0.05) is 58.6 Å². The number of fused-ring (bicyclic) bond motifs is 3. The summed E-state index contributed by atoms with van der Waals surface area (Å²) < 4.78 is 12.6. The van der Waals surface area contributed by atoms with Crippen LogP contribution in [0.5, 0.6) is 11.5 Å². The van der Waals surface area contributed by atoms with Crippen molar-refractivity contribution >= 4 is 0 Å². The zero-order chi connectivity index (χ0) is 20.5. The first-order valence-electron chi connectivity index (χ1n) is 11.3. The molecule has 2 atom stereocenters. The minimum atomic E-state index is -0.146. The molecule has 1 unspecified atom stereocenters. The number of hydrogen-bond donors (Lipinski definition) is 0. The van der Waals surface area contributed by atoms with E-state index in [0.717, 1.165) is 30.8 Å². The van der Waals surface area contributed by atoms with Gasteiger partial charge in [-0.2, -0.15) is 0 Å². The Morgan fingerprint density at radius 3 is 2.64 bits per heavy atom. The second-order valence-corrected chi connectivity index (χ2v) is 10.2. The van der Waals surface area contributed by atoms with Gasteiger partial charge in [-0.05, 0) is 62.6 Å². The van der Waals surface area contributed by atoms with Crippen LogP contribution in [0.2, 0.25) is 0 Å². The van der Waals surface area contributed by atoms with Crippen molar-refractivity contribution < 1.29 is 9.47 Å². The van der Waals surface area contributed by atoms with Crippen LogP contribution in [0.15, 0.2) is 24.3 Å². The van der Waals surface area contributed by atoms with Gasteiger partial charge in [0.05, 0.1) is 7.11 Å². The lowest BCUT2D eigenvalue weighted by Gasteiger charge is -2.48. The average Bonchev–Trinajstić information content (AvgIpc) is 2.63. The van der Waals surface area contributed by atoms with Gasteiger partial charge < -0.3 is 9.47 Å². The Morgan fingerprint density at radius 1 is 1.21 bits per heavy atom. The molecule has 3 rings (SSSR count). The third-order valence-electron chi connectivity index (χ3n) is 7.20. The molecular formula is C26H40O2. The minimum absolute atomic E-state index is 0.122. The summed E-state index contributed by atoms with van der Waals surface area (Å²) in [6, 6.07) is 4.60. The molecule has 0 bridgehead atoms. The molecule has 0 aromatic heterocycles. The molecule has 2 aliphatic rings. The number of unbranched alkanes of at least 4 members (excludes halogenated alkanes) is 3. The van der Waals surface area contributed by atoms with E-state index in [1.54, 1.807) is 7.11 Å². The van der Waals surface area contributed by atoms with E-state index in [2.05, 4.69) is 53.3 Å². The zero-order valence-electron chi connectivity index (χ0n) is 19.0. The first kappa shape index (κ1) is 21.3. The van der Waals surface area contributed by atoms with Gasteiger partial charge in [0.2, 0.25) is 0 Å². The smallest absolute Gasteiger partial charge is 0.127 e. The maximum Gasteiger partial charge on any atom is 0.127 e. The fourth-order valence-corrected chi connectivity index (χ4v) is 5.36. The van der Waals surface area contributed by atoms with E-state index < -0.39 is 0 Å². The molecule has 1 saturated carbocycles. The molecule has 1 aliphatic carbocycles. The van der Waals surface area contributed by atoms with Crippen LogP contribution in [-0.4, -0.2) is 12.7 Å². The number of allylic oxidation sites excluding steroid dienone is 1.